The van der Waals surface area contributed by atoms with Crippen LogP contribution in [0, 0.1) is 0 Å². The molecule has 0 unspecified atom stereocenters. The molecule has 1 N–H and O–H groups in total. The molecule has 2 heterocycles. The Morgan fingerprint density at radius 1 is 1.03 bits per heavy atom. The van der Waals surface area contributed by atoms with Gasteiger partial charge in [-0.3, -0.25) is 9.69 Å². The Morgan fingerprint density at radius 3 is 2.48 bits per heavy atom. The maximum absolute atomic E-state index is 12.5. The van der Waals surface area contributed by atoms with E-state index in [0.717, 1.165) is 55.2 Å². The lowest BCUT2D eigenvalue weighted by Gasteiger charge is -2.23. The third-order valence-corrected chi connectivity index (χ3v) is 6.13. The molecule has 0 radical (unpaired) electrons. The first-order valence-electron chi connectivity index (χ1n) is 12.0. The summed E-state index contributed by atoms with van der Waals surface area (Å²) in [7, 11) is 1.97. The number of aromatic nitrogens is 1. The topological polar surface area (TPSA) is 61.6 Å². The molecule has 1 aromatic heterocycles. The van der Waals surface area contributed by atoms with Crippen molar-refractivity contribution in [3.63, 3.8) is 0 Å². The smallest absolute Gasteiger partial charge is 0.238 e. The number of hydrogen-bond acceptors (Lipinski definition) is 5. The molecule has 6 heteroatoms. The van der Waals surface area contributed by atoms with Crippen LogP contribution in [-0.2, 0) is 11.2 Å². The first-order valence-corrected chi connectivity index (χ1v) is 12.0. The highest BCUT2D eigenvalue weighted by molar-refractivity contribution is 5.92. The summed E-state index contributed by atoms with van der Waals surface area (Å²) < 4.78 is 5.47. The number of hydrogen-bond donors (Lipinski definition) is 1. The zero-order valence-corrected chi connectivity index (χ0v) is 19.5. The van der Waals surface area contributed by atoms with Crippen molar-refractivity contribution in [1.29, 1.82) is 0 Å². The van der Waals surface area contributed by atoms with Crippen LogP contribution >= 0.6 is 0 Å². The van der Waals surface area contributed by atoms with Crippen LogP contribution in [0.5, 0.6) is 0 Å². The molecule has 0 spiro atoms. The van der Waals surface area contributed by atoms with Crippen molar-refractivity contribution in [2.24, 2.45) is 0 Å². The quantitative estimate of drug-likeness (QED) is 0.488. The number of aryl methyl sites for hydroxylation is 1. The highest BCUT2D eigenvalue weighted by atomic mass is 16.5. The minimum Gasteiger partial charge on any atom is -0.372 e. The summed E-state index contributed by atoms with van der Waals surface area (Å²) in [4.78, 5) is 16.9. The number of amides is 1. The Bertz CT molecular complexity index is 992. The van der Waals surface area contributed by atoms with Crippen molar-refractivity contribution in [2.75, 3.05) is 43.4 Å². The van der Waals surface area contributed by atoms with E-state index >= 15 is 0 Å². The molecular formula is C27H34N4O2. The van der Waals surface area contributed by atoms with E-state index < -0.39 is 0 Å². The predicted molar refractivity (Wildman–Crippen MR) is 134 cm³/mol. The second-order valence-corrected chi connectivity index (χ2v) is 8.88. The summed E-state index contributed by atoms with van der Waals surface area (Å²) in [6.07, 6.45) is 6.86. The minimum atomic E-state index is 0.00560. The van der Waals surface area contributed by atoms with Crippen molar-refractivity contribution in [1.82, 2.24) is 10.1 Å². The lowest BCUT2D eigenvalue weighted by Crippen LogP contribution is -2.31. The molecule has 2 aromatic carbocycles. The monoisotopic (exact) mass is 446 g/mol. The van der Waals surface area contributed by atoms with E-state index in [0.29, 0.717) is 6.54 Å². The summed E-state index contributed by atoms with van der Waals surface area (Å²) >= 11 is 0. The second-order valence-electron chi connectivity index (χ2n) is 8.88. The van der Waals surface area contributed by atoms with Gasteiger partial charge in [0.15, 0.2) is 0 Å². The predicted octanol–water partition coefficient (Wildman–Crippen LogP) is 5.23. The van der Waals surface area contributed by atoms with Crippen LogP contribution in [0.1, 0.15) is 37.9 Å². The largest absolute Gasteiger partial charge is 0.372 e. The van der Waals surface area contributed by atoms with Gasteiger partial charge in [0.05, 0.1) is 6.54 Å². The highest BCUT2D eigenvalue weighted by Gasteiger charge is 2.12. The van der Waals surface area contributed by atoms with Gasteiger partial charge >= 0.3 is 0 Å². The molecule has 6 nitrogen and oxygen atoms in total. The van der Waals surface area contributed by atoms with E-state index in [4.69, 9.17) is 4.52 Å². The van der Waals surface area contributed by atoms with Gasteiger partial charge in [-0.15, -0.1) is 0 Å². The van der Waals surface area contributed by atoms with Crippen molar-refractivity contribution >= 4 is 17.3 Å². The minimum absolute atomic E-state index is 0.00560. The normalized spacial score (nSPS) is 14.3. The SMILES string of the molecule is CN(CCCc1cc(-c2ccccc2)no1)CC(=O)Nc1ccc(N2CCCCCC2)cc1. The molecule has 1 aliphatic rings. The molecule has 3 aromatic rings. The number of carbonyl (C=O) groups is 1. The van der Waals surface area contributed by atoms with Gasteiger partial charge in [0.1, 0.15) is 11.5 Å². The van der Waals surface area contributed by atoms with E-state index in [1.807, 2.05) is 60.5 Å². The number of anilines is 2. The van der Waals surface area contributed by atoms with Crippen LogP contribution in [0.4, 0.5) is 11.4 Å². The number of likely N-dealkylation sites (N-methyl/N-ethyl adjacent to an activating group) is 1. The van der Waals surface area contributed by atoms with Crippen LogP contribution < -0.4 is 10.2 Å². The van der Waals surface area contributed by atoms with Gasteiger partial charge in [-0.1, -0.05) is 48.3 Å². The molecule has 0 atom stereocenters. The maximum atomic E-state index is 12.5. The van der Waals surface area contributed by atoms with Crippen LogP contribution in [0.3, 0.4) is 0 Å². The highest BCUT2D eigenvalue weighted by Crippen LogP contribution is 2.22. The summed E-state index contributed by atoms with van der Waals surface area (Å²) in [6.45, 7) is 3.42. The molecule has 0 bridgehead atoms. The average molecular weight is 447 g/mol. The van der Waals surface area contributed by atoms with Gasteiger partial charge in [0.25, 0.3) is 0 Å². The molecule has 1 saturated heterocycles. The van der Waals surface area contributed by atoms with Crippen molar-refractivity contribution in [3.05, 3.63) is 66.4 Å². The molecule has 1 amide bonds. The van der Waals surface area contributed by atoms with Crippen LogP contribution in [0.15, 0.2) is 65.2 Å². The van der Waals surface area contributed by atoms with Crippen LogP contribution in [0.25, 0.3) is 11.3 Å². The standard InChI is InChI=1S/C27H34N4O2/c1-30(17-9-12-25-20-26(29-33-25)22-10-5-4-6-11-22)21-27(32)28-23-13-15-24(16-14-23)31-18-7-2-3-8-19-31/h4-6,10-11,13-16,20H,2-3,7-9,12,17-19,21H2,1H3,(H,28,32). The van der Waals surface area contributed by atoms with Gasteiger partial charge in [-0.05, 0) is 57.1 Å². The molecule has 1 fully saturated rings. The Morgan fingerprint density at radius 2 is 1.76 bits per heavy atom. The number of benzene rings is 2. The van der Waals surface area contributed by atoms with Crippen molar-refractivity contribution in [3.8, 4) is 11.3 Å². The Hall–Kier alpha value is -3.12. The Kier molecular flexibility index (Phi) is 8.14. The van der Waals surface area contributed by atoms with Gasteiger partial charge in [-0.2, -0.15) is 0 Å². The van der Waals surface area contributed by atoms with Crippen molar-refractivity contribution in [2.45, 2.75) is 38.5 Å². The lowest BCUT2D eigenvalue weighted by atomic mass is 10.1. The maximum Gasteiger partial charge on any atom is 0.238 e. The Balaban J connectivity index is 1.18. The molecular weight excluding hydrogens is 412 g/mol. The number of nitrogens with zero attached hydrogens (tertiary/aromatic N) is 3. The van der Waals surface area contributed by atoms with Gasteiger partial charge in [0, 0.05) is 42.5 Å². The Labute approximate surface area is 196 Å². The summed E-state index contributed by atoms with van der Waals surface area (Å²) in [5, 5.41) is 7.18. The lowest BCUT2D eigenvalue weighted by molar-refractivity contribution is -0.117. The van der Waals surface area contributed by atoms with Gasteiger partial charge in [0.2, 0.25) is 5.91 Å². The third-order valence-electron chi connectivity index (χ3n) is 6.13. The fourth-order valence-corrected chi connectivity index (χ4v) is 4.31. The van der Waals surface area contributed by atoms with E-state index in [2.05, 4.69) is 27.5 Å². The van der Waals surface area contributed by atoms with Crippen LogP contribution in [0.2, 0.25) is 0 Å². The first kappa shape index (κ1) is 23.1. The fourth-order valence-electron chi connectivity index (χ4n) is 4.31. The van der Waals surface area contributed by atoms with Gasteiger partial charge in [-0.25, -0.2) is 0 Å². The zero-order chi connectivity index (χ0) is 22.9. The third kappa shape index (κ3) is 6.93. The fraction of sp³-hybridized carbons (Fsp3) is 0.407. The molecule has 0 aliphatic carbocycles. The summed E-state index contributed by atoms with van der Waals surface area (Å²) in [5.41, 5.74) is 4.01. The summed E-state index contributed by atoms with van der Waals surface area (Å²) in [6, 6.07) is 20.3. The van der Waals surface area contributed by atoms with E-state index in [9.17, 15) is 4.79 Å². The summed E-state index contributed by atoms with van der Waals surface area (Å²) in [5.74, 6) is 0.877. The van der Waals surface area contributed by atoms with E-state index in [1.165, 1.54) is 31.4 Å². The first-order chi connectivity index (χ1) is 16.2. The molecule has 33 heavy (non-hydrogen) atoms. The van der Waals surface area contributed by atoms with Gasteiger partial charge < -0.3 is 14.7 Å². The number of carbonyl (C=O) groups excluding carboxylic acids is 1. The molecule has 1 aliphatic heterocycles. The molecule has 0 saturated carbocycles. The van der Waals surface area contributed by atoms with Crippen molar-refractivity contribution < 1.29 is 9.32 Å². The van der Waals surface area contributed by atoms with E-state index in [-0.39, 0.29) is 5.91 Å². The second kappa shape index (κ2) is 11.7. The number of rotatable bonds is 9. The molecule has 4 rings (SSSR count). The zero-order valence-electron chi connectivity index (χ0n) is 19.5. The van der Waals surface area contributed by atoms with E-state index in [1.54, 1.807) is 0 Å². The molecule has 174 valence electrons. The average Bonchev–Trinajstić information content (AvgIpc) is 3.13. The number of nitrogens with one attached hydrogen (secondary N) is 1. The van der Waals surface area contributed by atoms with Crippen LogP contribution in [-0.4, -0.2) is 49.2 Å².